The summed E-state index contributed by atoms with van der Waals surface area (Å²) in [6.45, 7) is 7.60. The molecule has 0 bridgehead atoms. The molecule has 0 N–H and O–H groups in total. The normalized spacial score (nSPS) is 10.2. The second-order valence-corrected chi connectivity index (χ2v) is 4.26. The van der Waals surface area contributed by atoms with Crippen molar-refractivity contribution in [3.63, 3.8) is 0 Å². The maximum atomic E-state index is 11.0. The van der Waals surface area contributed by atoms with Crippen molar-refractivity contribution < 1.29 is 9.53 Å². The molecule has 0 amide bonds. The summed E-state index contributed by atoms with van der Waals surface area (Å²) in [5.41, 5.74) is 3.41. The Morgan fingerprint density at radius 2 is 1.81 bits per heavy atom. The quantitative estimate of drug-likeness (QED) is 0.572. The van der Waals surface area contributed by atoms with Crippen LogP contribution in [0.4, 0.5) is 0 Å². The van der Waals surface area contributed by atoms with Crippen LogP contribution in [0.3, 0.4) is 0 Å². The van der Waals surface area contributed by atoms with E-state index in [0.717, 1.165) is 17.5 Å². The van der Waals surface area contributed by atoms with Gasteiger partial charge >= 0.3 is 5.97 Å². The van der Waals surface area contributed by atoms with Gasteiger partial charge in [0.05, 0.1) is 0 Å². The van der Waals surface area contributed by atoms with E-state index >= 15 is 0 Å². The topological polar surface area (TPSA) is 26.3 Å². The maximum absolute atomic E-state index is 11.0. The second kappa shape index (κ2) is 5.69. The Balaban J connectivity index is 2.93. The van der Waals surface area contributed by atoms with Crippen LogP contribution in [0, 0.1) is 13.8 Å². The van der Waals surface area contributed by atoms with Crippen molar-refractivity contribution in [3.05, 3.63) is 28.8 Å². The van der Waals surface area contributed by atoms with E-state index in [1.807, 2.05) is 13.8 Å². The fourth-order valence-electron chi connectivity index (χ4n) is 1.87. The number of hydrogen-bond donors (Lipinski definition) is 0. The lowest BCUT2D eigenvalue weighted by molar-refractivity contribution is -0.131. The molecule has 0 atom stereocenters. The van der Waals surface area contributed by atoms with Gasteiger partial charge in [-0.2, -0.15) is 0 Å². The number of esters is 1. The standard InChI is InChI=1S/C14H20O2/c1-5-6-7-13-8-10(2)14(11(3)9-13)16-12(4)15/h8-9H,5-7H2,1-4H3. The van der Waals surface area contributed by atoms with E-state index < -0.39 is 0 Å². The van der Waals surface area contributed by atoms with E-state index in [-0.39, 0.29) is 5.97 Å². The van der Waals surface area contributed by atoms with Gasteiger partial charge in [0, 0.05) is 6.92 Å². The van der Waals surface area contributed by atoms with Crippen LogP contribution in [0.5, 0.6) is 5.75 Å². The summed E-state index contributed by atoms with van der Waals surface area (Å²) in [5, 5.41) is 0. The van der Waals surface area contributed by atoms with Crippen molar-refractivity contribution in [2.45, 2.75) is 47.0 Å². The van der Waals surface area contributed by atoms with Gasteiger partial charge in [0.1, 0.15) is 5.75 Å². The van der Waals surface area contributed by atoms with Crippen LogP contribution in [0.1, 0.15) is 43.4 Å². The third-order valence-electron chi connectivity index (χ3n) is 2.58. The SMILES string of the molecule is CCCCc1cc(C)c(OC(C)=O)c(C)c1. The first-order chi connectivity index (χ1) is 7.54. The smallest absolute Gasteiger partial charge is 0.308 e. The lowest BCUT2D eigenvalue weighted by Gasteiger charge is -2.11. The first-order valence-electron chi connectivity index (χ1n) is 5.83. The molecule has 0 heterocycles. The molecule has 0 saturated carbocycles. The van der Waals surface area contributed by atoms with Gasteiger partial charge < -0.3 is 4.74 Å². The fraction of sp³-hybridized carbons (Fsp3) is 0.500. The molecule has 0 saturated heterocycles. The summed E-state index contributed by atoms with van der Waals surface area (Å²) in [4.78, 5) is 11.0. The summed E-state index contributed by atoms with van der Waals surface area (Å²) in [5.74, 6) is 0.459. The number of benzene rings is 1. The highest BCUT2D eigenvalue weighted by Crippen LogP contribution is 2.25. The van der Waals surface area contributed by atoms with Gasteiger partial charge in [-0.15, -0.1) is 0 Å². The van der Waals surface area contributed by atoms with E-state index in [4.69, 9.17) is 4.74 Å². The van der Waals surface area contributed by atoms with Gasteiger partial charge in [-0.25, -0.2) is 0 Å². The molecule has 0 aromatic heterocycles. The van der Waals surface area contributed by atoms with Crippen molar-refractivity contribution in [3.8, 4) is 5.75 Å². The van der Waals surface area contributed by atoms with Crippen LogP contribution in [0.2, 0.25) is 0 Å². The summed E-state index contributed by atoms with van der Waals surface area (Å²) < 4.78 is 5.20. The van der Waals surface area contributed by atoms with Crippen LogP contribution < -0.4 is 4.74 Å². The lowest BCUT2D eigenvalue weighted by atomic mass is 10.0. The summed E-state index contributed by atoms with van der Waals surface area (Å²) >= 11 is 0. The summed E-state index contributed by atoms with van der Waals surface area (Å²) in [6, 6.07) is 4.22. The molecule has 88 valence electrons. The van der Waals surface area contributed by atoms with E-state index in [1.165, 1.54) is 25.3 Å². The average Bonchev–Trinajstić information content (AvgIpc) is 2.20. The van der Waals surface area contributed by atoms with Crippen LogP contribution in [0.25, 0.3) is 0 Å². The van der Waals surface area contributed by atoms with Gasteiger partial charge in [-0.1, -0.05) is 25.5 Å². The molecule has 1 rings (SSSR count). The zero-order valence-electron chi connectivity index (χ0n) is 10.6. The van der Waals surface area contributed by atoms with E-state index in [2.05, 4.69) is 19.1 Å². The minimum absolute atomic E-state index is 0.257. The van der Waals surface area contributed by atoms with Gasteiger partial charge in [-0.05, 0) is 43.4 Å². The molecule has 0 spiro atoms. The number of unbranched alkanes of at least 4 members (excludes halogenated alkanes) is 1. The van der Waals surface area contributed by atoms with Crippen molar-refractivity contribution in [2.24, 2.45) is 0 Å². The van der Waals surface area contributed by atoms with Crippen LogP contribution in [-0.4, -0.2) is 5.97 Å². The number of ether oxygens (including phenoxy) is 1. The average molecular weight is 220 g/mol. The van der Waals surface area contributed by atoms with Crippen LogP contribution in [0.15, 0.2) is 12.1 Å². The van der Waals surface area contributed by atoms with Crippen LogP contribution >= 0.6 is 0 Å². The number of carbonyl (C=O) groups excluding carboxylic acids is 1. The maximum Gasteiger partial charge on any atom is 0.308 e. The zero-order chi connectivity index (χ0) is 12.1. The van der Waals surface area contributed by atoms with Gasteiger partial charge in [0.2, 0.25) is 0 Å². The van der Waals surface area contributed by atoms with E-state index in [0.29, 0.717) is 5.75 Å². The summed E-state index contributed by atoms with van der Waals surface area (Å²) in [7, 11) is 0. The number of hydrogen-bond acceptors (Lipinski definition) is 2. The van der Waals surface area contributed by atoms with Gasteiger partial charge in [0.25, 0.3) is 0 Å². The molecule has 0 fully saturated rings. The molecule has 16 heavy (non-hydrogen) atoms. The fourth-order valence-corrected chi connectivity index (χ4v) is 1.87. The number of rotatable bonds is 4. The predicted octanol–water partition coefficient (Wildman–Crippen LogP) is 3.57. The highest BCUT2D eigenvalue weighted by Gasteiger charge is 2.08. The molecule has 2 nitrogen and oxygen atoms in total. The van der Waals surface area contributed by atoms with Crippen molar-refractivity contribution in [2.75, 3.05) is 0 Å². The number of carbonyl (C=O) groups is 1. The minimum Gasteiger partial charge on any atom is -0.426 e. The van der Waals surface area contributed by atoms with E-state index in [1.54, 1.807) is 0 Å². The molecular weight excluding hydrogens is 200 g/mol. The molecule has 0 radical (unpaired) electrons. The molecule has 1 aromatic carbocycles. The molecule has 0 aliphatic rings. The van der Waals surface area contributed by atoms with Gasteiger partial charge in [-0.3, -0.25) is 4.79 Å². The highest BCUT2D eigenvalue weighted by atomic mass is 16.5. The minimum atomic E-state index is -0.257. The molecule has 0 unspecified atom stereocenters. The Labute approximate surface area is 97.6 Å². The number of aryl methyl sites for hydroxylation is 3. The molecule has 2 heteroatoms. The second-order valence-electron chi connectivity index (χ2n) is 4.26. The highest BCUT2D eigenvalue weighted by molar-refractivity contribution is 5.70. The Kier molecular flexibility index (Phi) is 4.53. The molecule has 1 aromatic rings. The van der Waals surface area contributed by atoms with E-state index in [9.17, 15) is 4.79 Å². The predicted molar refractivity (Wildman–Crippen MR) is 65.8 cm³/mol. The zero-order valence-corrected chi connectivity index (χ0v) is 10.6. The van der Waals surface area contributed by atoms with Crippen molar-refractivity contribution in [1.29, 1.82) is 0 Å². The van der Waals surface area contributed by atoms with Gasteiger partial charge in [0.15, 0.2) is 0 Å². The van der Waals surface area contributed by atoms with Crippen molar-refractivity contribution >= 4 is 5.97 Å². The summed E-state index contributed by atoms with van der Waals surface area (Å²) in [6.07, 6.45) is 3.49. The third-order valence-corrected chi connectivity index (χ3v) is 2.58. The lowest BCUT2D eigenvalue weighted by Crippen LogP contribution is -2.05. The molecule has 0 aliphatic carbocycles. The third kappa shape index (κ3) is 3.37. The largest absolute Gasteiger partial charge is 0.426 e. The first-order valence-corrected chi connectivity index (χ1v) is 5.83. The first kappa shape index (κ1) is 12.8. The molecule has 0 aliphatic heterocycles. The monoisotopic (exact) mass is 220 g/mol. The Hall–Kier alpha value is -1.31. The van der Waals surface area contributed by atoms with Crippen molar-refractivity contribution in [1.82, 2.24) is 0 Å². The molecular formula is C14H20O2. The van der Waals surface area contributed by atoms with Crippen LogP contribution in [-0.2, 0) is 11.2 Å². The Morgan fingerprint density at radius 1 is 1.25 bits per heavy atom. The Morgan fingerprint density at radius 3 is 2.25 bits per heavy atom. The Bertz CT molecular complexity index is 357.